The lowest BCUT2D eigenvalue weighted by atomic mass is 9.61. The van der Waals surface area contributed by atoms with E-state index in [1.165, 1.54) is 0 Å². The predicted molar refractivity (Wildman–Crippen MR) is 184 cm³/mol. The monoisotopic (exact) mass is 812 g/mol. The summed E-state index contributed by atoms with van der Waals surface area (Å²) in [7, 11) is 0. The number of thiol groups is 6. The number of rotatable bonds is 21. The van der Waals surface area contributed by atoms with Crippen molar-refractivity contribution in [1.29, 1.82) is 0 Å². The second kappa shape index (κ2) is 21.9. The minimum atomic E-state index is -0.284. The summed E-state index contributed by atoms with van der Waals surface area (Å²) in [6.07, 6.45) is 10.3. The van der Waals surface area contributed by atoms with Crippen LogP contribution in [-0.4, -0.2) is 42.3 Å². The molecule has 0 rings (SSSR count). The standard InChI is InChI=1S/C22H40Br4S6/c23-11-1-7-17(28)16(6-5-15-27)22(19(30)9-3-13-25,20(31)10-4-14-26)21(32)18(29)8-2-12-24/h15-20,27-32H,1-14H2. The Hall–Kier alpha value is 4.02. The van der Waals surface area contributed by atoms with Gasteiger partial charge in [0, 0.05) is 58.7 Å². The molecule has 5 unspecified atom stereocenters. The van der Waals surface area contributed by atoms with Crippen LogP contribution in [-0.2, 0) is 0 Å². The van der Waals surface area contributed by atoms with Crippen molar-refractivity contribution < 1.29 is 0 Å². The Bertz CT molecular complexity index is 435. The van der Waals surface area contributed by atoms with Gasteiger partial charge in [0.25, 0.3) is 0 Å². The molecule has 0 bridgehead atoms. The molecule has 2 radical (unpaired) electrons. The molecule has 32 heavy (non-hydrogen) atoms. The van der Waals surface area contributed by atoms with Crippen LogP contribution in [0.5, 0.6) is 0 Å². The third-order valence-electron chi connectivity index (χ3n) is 6.01. The Morgan fingerprint density at radius 1 is 0.688 bits per heavy atom. The van der Waals surface area contributed by atoms with Crippen LogP contribution in [0.15, 0.2) is 0 Å². The van der Waals surface area contributed by atoms with Gasteiger partial charge < -0.3 is 0 Å². The van der Waals surface area contributed by atoms with Gasteiger partial charge in [-0.1, -0.05) is 63.7 Å². The molecule has 0 N–H and O–H groups in total. The Morgan fingerprint density at radius 2 is 1.12 bits per heavy atom. The maximum Gasteiger partial charge on any atom is 0.0486 e. The van der Waals surface area contributed by atoms with E-state index in [-0.39, 0.29) is 32.3 Å². The van der Waals surface area contributed by atoms with Crippen molar-refractivity contribution in [3.05, 3.63) is 11.0 Å². The Labute approximate surface area is 265 Å². The van der Waals surface area contributed by atoms with Gasteiger partial charge >= 0.3 is 0 Å². The first-order valence-electron chi connectivity index (χ1n) is 11.3. The fourth-order valence-electron chi connectivity index (χ4n) is 4.45. The van der Waals surface area contributed by atoms with Crippen molar-refractivity contribution in [3.8, 4) is 0 Å². The van der Waals surface area contributed by atoms with Crippen LogP contribution in [0.1, 0.15) is 64.2 Å². The molecule has 0 aromatic heterocycles. The molecule has 5 atom stereocenters. The maximum atomic E-state index is 5.31. The van der Waals surface area contributed by atoms with Gasteiger partial charge in [-0.25, -0.2) is 0 Å². The van der Waals surface area contributed by atoms with Gasteiger partial charge in [-0.3, -0.25) is 0 Å². The van der Waals surface area contributed by atoms with Gasteiger partial charge in [-0.05, 0) is 70.1 Å². The summed E-state index contributed by atoms with van der Waals surface area (Å²) in [6, 6.07) is 0. The predicted octanol–water partition coefficient (Wildman–Crippen LogP) is 9.82. The van der Waals surface area contributed by atoms with E-state index in [1.807, 2.05) is 5.75 Å². The van der Waals surface area contributed by atoms with Crippen molar-refractivity contribution in [2.24, 2.45) is 11.3 Å². The SMILES string of the molecule is S[CH]CCC(C(S)CCCBr)C([C](S)C(S)CCCBr)(C(S)CCCBr)C(S)CCCBr. The Kier molecular flexibility index (Phi) is 24.7. The van der Waals surface area contributed by atoms with Crippen molar-refractivity contribution in [2.75, 3.05) is 21.3 Å². The summed E-state index contributed by atoms with van der Waals surface area (Å²) in [6.45, 7) is 0. The molecule has 0 saturated heterocycles. The third-order valence-corrected chi connectivity index (χ3v) is 11.9. The molecule has 0 aliphatic rings. The molecule has 0 aliphatic carbocycles. The Balaban J connectivity index is 6.55. The zero-order valence-electron chi connectivity index (χ0n) is 18.6. The summed E-state index contributed by atoms with van der Waals surface area (Å²) in [5.41, 5.74) is -0.284. The molecular formula is C22H40Br4S6. The highest BCUT2D eigenvalue weighted by Gasteiger charge is 2.55. The van der Waals surface area contributed by atoms with Crippen LogP contribution >= 0.6 is 139 Å². The minimum absolute atomic E-state index is 0.0901. The van der Waals surface area contributed by atoms with Crippen LogP contribution < -0.4 is 0 Å². The van der Waals surface area contributed by atoms with E-state index in [2.05, 4.69) is 76.3 Å². The Morgan fingerprint density at radius 3 is 1.56 bits per heavy atom. The highest BCUT2D eigenvalue weighted by atomic mass is 79.9. The second-order valence-electron chi connectivity index (χ2n) is 8.12. The molecule has 192 valence electrons. The lowest BCUT2D eigenvalue weighted by molar-refractivity contribution is 0.152. The van der Waals surface area contributed by atoms with Gasteiger partial charge in [-0.15, -0.1) is 0 Å². The lowest BCUT2D eigenvalue weighted by Crippen LogP contribution is -2.54. The van der Waals surface area contributed by atoms with E-state index in [1.54, 1.807) is 0 Å². The number of halogens is 4. The zero-order valence-corrected chi connectivity index (χ0v) is 30.3. The number of hydrogen-bond donors (Lipinski definition) is 6. The van der Waals surface area contributed by atoms with Crippen molar-refractivity contribution in [1.82, 2.24) is 0 Å². The smallest absolute Gasteiger partial charge is 0.0486 e. The van der Waals surface area contributed by atoms with Crippen molar-refractivity contribution in [3.63, 3.8) is 0 Å². The molecule has 0 aromatic rings. The van der Waals surface area contributed by atoms with E-state index in [9.17, 15) is 0 Å². The van der Waals surface area contributed by atoms with Gasteiger partial charge in [0.15, 0.2) is 0 Å². The molecule has 0 nitrogen and oxygen atoms in total. The summed E-state index contributed by atoms with van der Waals surface area (Å²) < 4.78 is 0. The van der Waals surface area contributed by atoms with Gasteiger partial charge in [0.2, 0.25) is 0 Å². The van der Waals surface area contributed by atoms with Crippen LogP contribution in [0, 0.1) is 22.3 Å². The molecule has 0 saturated carbocycles. The van der Waals surface area contributed by atoms with Crippen LogP contribution in [0.3, 0.4) is 0 Å². The molecule has 0 fully saturated rings. The lowest BCUT2D eigenvalue weighted by Gasteiger charge is -2.55. The largest absolute Gasteiger partial charge is 0.176 e. The zero-order chi connectivity index (χ0) is 24.6. The topological polar surface area (TPSA) is 0 Å². The molecule has 0 spiro atoms. The molecular weight excluding hydrogens is 776 g/mol. The van der Waals surface area contributed by atoms with E-state index in [0.29, 0.717) is 0 Å². The molecule has 0 aromatic carbocycles. The number of alkyl halides is 4. The van der Waals surface area contributed by atoms with E-state index in [4.69, 9.17) is 63.1 Å². The summed E-state index contributed by atoms with van der Waals surface area (Å²) in [5.74, 6) is 2.26. The molecule has 0 aliphatic heterocycles. The average Bonchev–Trinajstić information content (AvgIpc) is 2.79. The quantitative estimate of drug-likeness (QED) is 0.0483. The minimum Gasteiger partial charge on any atom is -0.176 e. The summed E-state index contributed by atoms with van der Waals surface area (Å²) >= 11 is 45.0. The van der Waals surface area contributed by atoms with Crippen LogP contribution in [0.2, 0.25) is 0 Å². The summed E-state index contributed by atoms with van der Waals surface area (Å²) in [5, 5.41) is 5.63. The van der Waals surface area contributed by atoms with E-state index < -0.39 is 0 Å². The van der Waals surface area contributed by atoms with E-state index in [0.717, 1.165) is 90.8 Å². The fourth-order valence-corrected chi connectivity index (χ4v) is 9.20. The van der Waals surface area contributed by atoms with Crippen molar-refractivity contribution in [2.45, 2.75) is 85.2 Å². The van der Waals surface area contributed by atoms with Crippen LogP contribution in [0.25, 0.3) is 0 Å². The molecule has 0 amide bonds. The second-order valence-corrected chi connectivity index (χ2v) is 14.7. The highest BCUT2D eigenvalue weighted by Crippen LogP contribution is 2.58. The van der Waals surface area contributed by atoms with E-state index >= 15 is 0 Å². The first-order valence-corrected chi connectivity index (χ1v) is 18.8. The normalized spacial score (nSPS) is 18.8. The molecule has 10 heteroatoms. The summed E-state index contributed by atoms with van der Waals surface area (Å²) in [4.78, 5) is 0. The van der Waals surface area contributed by atoms with Gasteiger partial charge in [0.1, 0.15) is 0 Å². The third kappa shape index (κ3) is 11.8. The van der Waals surface area contributed by atoms with Gasteiger partial charge in [-0.2, -0.15) is 75.8 Å². The highest BCUT2D eigenvalue weighted by molar-refractivity contribution is 9.09. The first-order chi connectivity index (χ1) is 15.3. The van der Waals surface area contributed by atoms with Crippen LogP contribution in [0.4, 0.5) is 0 Å². The molecule has 0 heterocycles. The first kappa shape index (κ1) is 36.0. The average molecular weight is 817 g/mol. The maximum absolute atomic E-state index is 5.31. The van der Waals surface area contributed by atoms with Crippen molar-refractivity contribution >= 4 is 139 Å². The fraction of sp³-hybridized carbons (Fsp3) is 0.909. The number of hydrogen-bond acceptors (Lipinski definition) is 6. The van der Waals surface area contributed by atoms with Gasteiger partial charge in [0.05, 0.1) is 0 Å².